The highest BCUT2D eigenvalue weighted by molar-refractivity contribution is 9.08. The van der Waals surface area contributed by atoms with Crippen molar-refractivity contribution >= 4 is 39.3 Å². The van der Waals surface area contributed by atoms with Gasteiger partial charge in [0.05, 0.1) is 12.2 Å². The highest BCUT2D eigenvalue weighted by atomic mass is 79.9. The molecule has 0 bridgehead atoms. The minimum absolute atomic E-state index is 0.122. The molecule has 1 aromatic rings. The van der Waals surface area contributed by atoms with Gasteiger partial charge in [-0.2, -0.15) is 0 Å². The van der Waals surface area contributed by atoms with Crippen molar-refractivity contribution in [3.8, 4) is 0 Å². The average Bonchev–Trinajstić information content (AvgIpc) is 2.37. The van der Waals surface area contributed by atoms with Gasteiger partial charge in [-0.1, -0.05) is 22.0 Å². The number of ketones is 1. The Kier molecular flexibility index (Phi) is 5.82. The molecule has 0 radical (unpaired) electrons. The predicted octanol–water partition coefficient (Wildman–Crippen LogP) is 3.63. The molecule has 0 N–H and O–H groups in total. The second-order valence-corrected chi connectivity index (χ2v) is 4.74. The van der Waals surface area contributed by atoms with E-state index in [9.17, 15) is 9.59 Å². The molecule has 0 aliphatic carbocycles. The number of halogens is 2. The van der Waals surface area contributed by atoms with Gasteiger partial charge in [0, 0.05) is 5.33 Å². The molecule has 1 aromatic carbocycles. The van der Waals surface area contributed by atoms with Crippen LogP contribution in [0.25, 0.3) is 0 Å². The summed E-state index contributed by atoms with van der Waals surface area (Å²) in [6.45, 7) is 3.52. The van der Waals surface area contributed by atoms with Gasteiger partial charge in [0.1, 0.15) is 5.38 Å². The second kappa shape index (κ2) is 6.90. The maximum Gasteiger partial charge on any atom is 0.338 e. The van der Waals surface area contributed by atoms with Gasteiger partial charge in [0.25, 0.3) is 0 Å². The Bertz CT molecular complexity index is 460. The Balaban J connectivity index is 3.11. The van der Waals surface area contributed by atoms with E-state index >= 15 is 0 Å². The summed E-state index contributed by atoms with van der Waals surface area (Å²) in [5, 5.41) is -0.166. The molecule has 0 saturated heterocycles. The number of hydrogen-bond donors (Lipinski definition) is 0. The Morgan fingerprint density at radius 3 is 2.61 bits per heavy atom. The molecule has 98 valence electrons. The van der Waals surface area contributed by atoms with Gasteiger partial charge in [0.2, 0.25) is 0 Å². The Morgan fingerprint density at radius 2 is 2.11 bits per heavy atom. The van der Waals surface area contributed by atoms with Crippen molar-refractivity contribution < 1.29 is 14.3 Å². The van der Waals surface area contributed by atoms with Crippen molar-refractivity contribution in [1.82, 2.24) is 0 Å². The normalized spacial score (nSPS) is 12.0. The number of alkyl halides is 2. The van der Waals surface area contributed by atoms with E-state index in [0.29, 0.717) is 23.1 Å². The lowest BCUT2D eigenvalue weighted by Gasteiger charge is -2.12. The van der Waals surface area contributed by atoms with E-state index in [1.165, 1.54) is 6.92 Å². The van der Waals surface area contributed by atoms with E-state index in [-0.39, 0.29) is 11.8 Å². The summed E-state index contributed by atoms with van der Waals surface area (Å²) >= 11 is 9.36. The molecule has 0 aliphatic rings. The number of benzene rings is 1. The molecule has 5 heteroatoms. The van der Waals surface area contributed by atoms with Gasteiger partial charge in [0.15, 0.2) is 5.78 Å². The molecule has 1 unspecified atom stereocenters. The van der Waals surface area contributed by atoms with Crippen LogP contribution in [0.4, 0.5) is 0 Å². The number of esters is 1. The number of carbonyl (C=O) groups is 2. The summed E-state index contributed by atoms with van der Waals surface area (Å²) in [4.78, 5) is 22.9. The summed E-state index contributed by atoms with van der Waals surface area (Å²) in [5.41, 5.74) is 1.99. The number of carbonyl (C=O) groups excluding carboxylic acids is 2. The van der Waals surface area contributed by atoms with Crippen LogP contribution in [0.15, 0.2) is 18.2 Å². The molecule has 0 heterocycles. The fourth-order valence-electron chi connectivity index (χ4n) is 1.53. The first kappa shape index (κ1) is 15.2. The summed E-state index contributed by atoms with van der Waals surface area (Å²) in [7, 11) is 0. The van der Waals surface area contributed by atoms with Crippen molar-refractivity contribution in [3.05, 3.63) is 34.9 Å². The maximum atomic E-state index is 11.6. The first-order chi connectivity index (χ1) is 8.51. The van der Waals surface area contributed by atoms with E-state index in [1.807, 2.05) is 0 Å². The third kappa shape index (κ3) is 3.56. The highest BCUT2D eigenvalue weighted by Crippen LogP contribution is 2.27. The molecular formula is C13H14BrClO3. The van der Waals surface area contributed by atoms with Gasteiger partial charge in [-0.3, -0.25) is 4.79 Å². The molecule has 18 heavy (non-hydrogen) atoms. The topological polar surface area (TPSA) is 43.4 Å². The van der Waals surface area contributed by atoms with E-state index in [2.05, 4.69) is 15.9 Å². The average molecular weight is 334 g/mol. The zero-order valence-electron chi connectivity index (χ0n) is 10.2. The lowest BCUT2D eigenvalue weighted by atomic mass is 10.0. The van der Waals surface area contributed by atoms with E-state index in [1.54, 1.807) is 25.1 Å². The molecule has 3 nitrogen and oxygen atoms in total. The van der Waals surface area contributed by atoms with Crippen LogP contribution >= 0.6 is 27.5 Å². The molecule has 1 rings (SSSR count). The van der Waals surface area contributed by atoms with Gasteiger partial charge in [-0.05, 0) is 37.1 Å². The van der Waals surface area contributed by atoms with Crippen molar-refractivity contribution in [1.29, 1.82) is 0 Å². The fraction of sp³-hybridized carbons (Fsp3) is 0.385. The predicted molar refractivity (Wildman–Crippen MR) is 74.3 cm³/mol. The monoisotopic (exact) mass is 332 g/mol. The van der Waals surface area contributed by atoms with Crippen LogP contribution in [0.1, 0.15) is 40.7 Å². The Labute approximate surface area is 120 Å². The Morgan fingerprint density at radius 1 is 1.44 bits per heavy atom. The standard InChI is InChI=1S/C13H14BrClO3/c1-3-18-13(17)9-4-5-11(10(6-9)7-14)12(15)8(2)16/h4-6,12H,3,7H2,1-2H3. The van der Waals surface area contributed by atoms with Gasteiger partial charge in [-0.25, -0.2) is 4.79 Å². The van der Waals surface area contributed by atoms with Crippen molar-refractivity contribution in [2.75, 3.05) is 6.61 Å². The quantitative estimate of drug-likeness (QED) is 0.610. The van der Waals surface area contributed by atoms with E-state index < -0.39 is 5.38 Å². The zero-order valence-corrected chi connectivity index (χ0v) is 12.5. The highest BCUT2D eigenvalue weighted by Gasteiger charge is 2.18. The summed E-state index contributed by atoms with van der Waals surface area (Å²) < 4.78 is 4.92. The van der Waals surface area contributed by atoms with Crippen LogP contribution in [-0.4, -0.2) is 18.4 Å². The Hall–Kier alpha value is -0.870. The van der Waals surface area contributed by atoms with Gasteiger partial charge >= 0.3 is 5.97 Å². The van der Waals surface area contributed by atoms with Crippen LogP contribution in [-0.2, 0) is 14.9 Å². The molecule has 0 saturated carbocycles. The fourth-order valence-corrected chi connectivity index (χ4v) is 2.23. The van der Waals surface area contributed by atoms with Crippen molar-refractivity contribution in [2.24, 2.45) is 0 Å². The molecule has 0 aliphatic heterocycles. The van der Waals surface area contributed by atoms with Crippen LogP contribution < -0.4 is 0 Å². The number of Topliss-reactive ketones (excluding diaryl/α,β-unsaturated/α-hetero) is 1. The molecule has 0 aromatic heterocycles. The summed E-state index contributed by atoms with van der Waals surface area (Å²) in [6, 6.07) is 5.01. The minimum atomic E-state index is -0.686. The molecule has 0 amide bonds. The maximum absolute atomic E-state index is 11.6. The zero-order chi connectivity index (χ0) is 13.7. The summed E-state index contributed by atoms with van der Waals surface area (Å²) in [5.74, 6) is -0.497. The van der Waals surface area contributed by atoms with Crippen molar-refractivity contribution in [2.45, 2.75) is 24.6 Å². The first-order valence-electron chi connectivity index (χ1n) is 5.51. The number of rotatable bonds is 5. The third-order valence-corrected chi connectivity index (χ3v) is 3.57. The lowest BCUT2D eigenvalue weighted by molar-refractivity contribution is -0.116. The second-order valence-electron chi connectivity index (χ2n) is 3.74. The van der Waals surface area contributed by atoms with Crippen molar-refractivity contribution in [3.63, 3.8) is 0 Å². The molecule has 0 fully saturated rings. The van der Waals surface area contributed by atoms with E-state index in [4.69, 9.17) is 16.3 Å². The van der Waals surface area contributed by atoms with Gasteiger partial charge in [-0.15, -0.1) is 11.6 Å². The molecular weight excluding hydrogens is 319 g/mol. The smallest absolute Gasteiger partial charge is 0.338 e. The van der Waals surface area contributed by atoms with Gasteiger partial charge < -0.3 is 4.74 Å². The van der Waals surface area contributed by atoms with Crippen LogP contribution in [0, 0.1) is 0 Å². The SMILES string of the molecule is CCOC(=O)c1ccc(C(Cl)C(C)=O)c(CBr)c1. The third-order valence-electron chi connectivity index (χ3n) is 2.43. The minimum Gasteiger partial charge on any atom is -0.462 e. The largest absolute Gasteiger partial charge is 0.462 e. The number of ether oxygens (including phenoxy) is 1. The number of hydrogen-bond acceptors (Lipinski definition) is 3. The van der Waals surface area contributed by atoms with Crippen LogP contribution in [0.2, 0.25) is 0 Å². The van der Waals surface area contributed by atoms with Crippen LogP contribution in [0.3, 0.4) is 0 Å². The molecule has 0 spiro atoms. The molecule has 1 atom stereocenters. The van der Waals surface area contributed by atoms with Crippen LogP contribution in [0.5, 0.6) is 0 Å². The van der Waals surface area contributed by atoms with E-state index in [0.717, 1.165) is 5.56 Å². The lowest BCUT2D eigenvalue weighted by Crippen LogP contribution is -2.08. The first-order valence-corrected chi connectivity index (χ1v) is 7.07. The summed E-state index contributed by atoms with van der Waals surface area (Å²) in [6.07, 6.45) is 0.